The standard InChI is InChI=1S/C14H20Cl2N2O/c1-9(8-18(2)3)17-13-4-5-19-14-11(13)6-10(15)7-12(14)16/h6-7,9,13,17H,4-5,8H2,1-3H3. The fraction of sp³-hybridized carbons (Fsp3) is 0.571. The van der Waals surface area contributed by atoms with Crippen LogP contribution in [0.15, 0.2) is 12.1 Å². The number of benzene rings is 1. The lowest BCUT2D eigenvalue weighted by Gasteiger charge is -2.31. The fourth-order valence-electron chi connectivity index (χ4n) is 2.54. The van der Waals surface area contributed by atoms with E-state index in [2.05, 4.69) is 31.2 Å². The molecule has 5 heteroatoms. The Morgan fingerprint density at radius 3 is 2.84 bits per heavy atom. The third kappa shape index (κ3) is 3.76. The highest BCUT2D eigenvalue weighted by Crippen LogP contribution is 2.40. The first kappa shape index (κ1) is 14.9. The summed E-state index contributed by atoms with van der Waals surface area (Å²) < 4.78 is 5.66. The zero-order chi connectivity index (χ0) is 14.0. The zero-order valence-corrected chi connectivity index (χ0v) is 13.1. The van der Waals surface area contributed by atoms with Crippen LogP contribution in [0.4, 0.5) is 0 Å². The number of fused-ring (bicyclic) bond motifs is 1. The Morgan fingerprint density at radius 2 is 2.16 bits per heavy atom. The van der Waals surface area contributed by atoms with Gasteiger partial charge >= 0.3 is 0 Å². The summed E-state index contributed by atoms with van der Waals surface area (Å²) in [7, 11) is 4.15. The van der Waals surface area contributed by atoms with Crippen molar-refractivity contribution in [1.29, 1.82) is 0 Å². The summed E-state index contributed by atoms with van der Waals surface area (Å²) >= 11 is 12.3. The van der Waals surface area contributed by atoms with Crippen molar-refractivity contribution in [2.75, 3.05) is 27.2 Å². The second-order valence-electron chi connectivity index (χ2n) is 5.33. The molecule has 0 radical (unpaired) electrons. The van der Waals surface area contributed by atoms with E-state index in [1.807, 2.05) is 6.07 Å². The van der Waals surface area contributed by atoms with Gasteiger partial charge in [-0.3, -0.25) is 0 Å². The fourth-order valence-corrected chi connectivity index (χ4v) is 3.11. The Balaban J connectivity index is 2.17. The smallest absolute Gasteiger partial charge is 0.142 e. The SMILES string of the molecule is CC(CN(C)C)NC1CCOc2c(Cl)cc(Cl)cc21. The topological polar surface area (TPSA) is 24.5 Å². The summed E-state index contributed by atoms with van der Waals surface area (Å²) in [5.74, 6) is 0.770. The number of rotatable bonds is 4. The van der Waals surface area contributed by atoms with E-state index < -0.39 is 0 Å². The van der Waals surface area contributed by atoms with Crippen LogP contribution in [0.3, 0.4) is 0 Å². The molecule has 0 fully saturated rings. The number of ether oxygens (including phenoxy) is 1. The van der Waals surface area contributed by atoms with Crippen LogP contribution < -0.4 is 10.1 Å². The maximum absolute atomic E-state index is 6.19. The maximum Gasteiger partial charge on any atom is 0.142 e. The van der Waals surface area contributed by atoms with E-state index in [4.69, 9.17) is 27.9 Å². The van der Waals surface area contributed by atoms with Gasteiger partial charge in [0.2, 0.25) is 0 Å². The summed E-state index contributed by atoms with van der Waals surface area (Å²) in [6.07, 6.45) is 0.932. The highest BCUT2D eigenvalue weighted by atomic mass is 35.5. The van der Waals surface area contributed by atoms with E-state index in [0.29, 0.717) is 22.7 Å². The van der Waals surface area contributed by atoms with Crippen molar-refractivity contribution in [3.63, 3.8) is 0 Å². The predicted octanol–water partition coefficient (Wildman–Crippen LogP) is 3.36. The minimum Gasteiger partial charge on any atom is -0.492 e. The number of nitrogens with zero attached hydrogens (tertiary/aromatic N) is 1. The van der Waals surface area contributed by atoms with Crippen LogP contribution in [0.1, 0.15) is 24.9 Å². The number of hydrogen-bond donors (Lipinski definition) is 1. The lowest BCUT2D eigenvalue weighted by molar-refractivity contribution is 0.237. The van der Waals surface area contributed by atoms with Gasteiger partial charge in [-0.05, 0) is 33.2 Å². The van der Waals surface area contributed by atoms with Crippen LogP contribution in [-0.4, -0.2) is 38.2 Å². The van der Waals surface area contributed by atoms with E-state index in [-0.39, 0.29) is 6.04 Å². The number of hydrogen-bond acceptors (Lipinski definition) is 3. The van der Waals surface area contributed by atoms with Crippen molar-refractivity contribution in [1.82, 2.24) is 10.2 Å². The molecular formula is C14H20Cl2N2O. The van der Waals surface area contributed by atoms with Crippen molar-refractivity contribution < 1.29 is 4.74 Å². The highest BCUT2D eigenvalue weighted by molar-refractivity contribution is 6.35. The molecule has 2 rings (SSSR count). The minimum atomic E-state index is 0.245. The average molecular weight is 303 g/mol. The van der Waals surface area contributed by atoms with Crippen LogP contribution in [0.25, 0.3) is 0 Å². The van der Waals surface area contributed by atoms with Gasteiger partial charge in [0, 0.05) is 35.6 Å². The molecule has 19 heavy (non-hydrogen) atoms. The molecule has 0 spiro atoms. The van der Waals surface area contributed by atoms with Gasteiger partial charge in [-0.2, -0.15) is 0 Å². The van der Waals surface area contributed by atoms with Gasteiger partial charge < -0.3 is 15.0 Å². The second kappa shape index (κ2) is 6.31. The molecule has 0 aliphatic carbocycles. The zero-order valence-electron chi connectivity index (χ0n) is 11.5. The van der Waals surface area contributed by atoms with Gasteiger partial charge in [0.1, 0.15) is 5.75 Å². The summed E-state index contributed by atoms with van der Waals surface area (Å²) in [5.41, 5.74) is 1.06. The van der Waals surface area contributed by atoms with Gasteiger partial charge in [0.25, 0.3) is 0 Å². The molecule has 106 valence electrons. The van der Waals surface area contributed by atoms with Crippen molar-refractivity contribution in [2.45, 2.75) is 25.4 Å². The summed E-state index contributed by atoms with van der Waals surface area (Å²) in [4.78, 5) is 2.17. The summed E-state index contributed by atoms with van der Waals surface area (Å²) in [6, 6.07) is 4.31. The molecular weight excluding hydrogens is 283 g/mol. The molecule has 2 atom stereocenters. The monoisotopic (exact) mass is 302 g/mol. The summed E-state index contributed by atoms with van der Waals surface area (Å²) in [6.45, 7) is 3.85. The molecule has 0 saturated heterocycles. The molecule has 0 amide bonds. The molecule has 1 heterocycles. The molecule has 0 bridgehead atoms. The number of halogens is 2. The quantitative estimate of drug-likeness (QED) is 0.923. The Hall–Kier alpha value is -0.480. The molecule has 3 nitrogen and oxygen atoms in total. The highest BCUT2D eigenvalue weighted by Gasteiger charge is 2.25. The Labute approximate surface area is 124 Å². The molecule has 2 unspecified atom stereocenters. The lowest BCUT2D eigenvalue weighted by Crippen LogP contribution is -2.39. The van der Waals surface area contributed by atoms with Gasteiger partial charge in [0.15, 0.2) is 0 Å². The first-order chi connectivity index (χ1) is 8.97. The third-order valence-corrected chi connectivity index (χ3v) is 3.69. The predicted molar refractivity (Wildman–Crippen MR) is 80.5 cm³/mol. The van der Waals surface area contributed by atoms with E-state index >= 15 is 0 Å². The largest absolute Gasteiger partial charge is 0.492 e. The molecule has 0 saturated carbocycles. The first-order valence-electron chi connectivity index (χ1n) is 6.50. The average Bonchev–Trinajstić information content (AvgIpc) is 2.29. The van der Waals surface area contributed by atoms with Crippen LogP contribution in [-0.2, 0) is 0 Å². The molecule has 0 aromatic heterocycles. The van der Waals surface area contributed by atoms with E-state index in [0.717, 1.165) is 24.3 Å². The van der Waals surface area contributed by atoms with Crippen LogP contribution in [0.5, 0.6) is 5.75 Å². The maximum atomic E-state index is 6.19. The van der Waals surface area contributed by atoms with Gasteiger partial charge in [0.05, 0.1) is 11.6 Å². The van der Waals surface area contributed by atoms with Gasteiger partial charge in [-0.25, -0.2) is 0 Å². The summed E-state index contributed by atoms with van der Waals surface area (Å²) in [5, 5.41) is 4.87. The molecule has 1 aromatic carbocycles. The van der Waals surface area contributed by atoms with Crippen molar-refractivity contribution >= 4 is 23.2 Å². The van der Waals surface area contributed by atoms with Gasteiger partial charge in [-0.1, -0.05) is 23.2 Å². The van der Waals surface area contributed by atoms with Crippen LogP contribution >= 0.6 is 23.2 Å². The number of nitrogens with one attached hydrogen (secondary N) is 1. The lowest BCUT2D eigenvalue weighted by atomic mass is 9.99. The van der Waals surface area contributed by atoms with Crippen molar-refractivity contribution in [2.24, 2.45) is 0 Å². The molecule has 1 N–H and O–H groups in total. The normalized spacial score (nSPS) is 20.0. The third-order valence-electron chi connectivity index (χ3n) is 3.19. The molecule has 1 aliphatic rings. The minimum absolute atomic E-state index is 0.245. The van der Waals surface area contributed by atoms with Gasteiger partial charge in [-0.15, -0.1) is 0 Å². The van der Waals surface area contributed by atoms with Crippen LogP contribution in [0.2, 0.25) is 10.0 Å². The Bertz CT molecular complexity index is 451. The second-order valence-corrected chi connectivity index (χ2v) is 6.17. The van der Waals surface area contributed by atoms with E-state index in [1.54, 1.807) is 6.07 Å². The van der Waals surface area contributed by atoms with E-state index in [1.165, 1.54) is 0 Å². The molecule has 1 aromatic rings. The molecule has 1 aliphatic heterocycles. The Morgan fingerprint density at radius 1 is 1.42 bits per heavy atom. The van der Waals surface area contributed by atoms with Crippen LogP contribution in [0, 0.1) is 0 Å². The Kier molecular flexibility index (Phi) is 4.96. The first-order valence-corrected chi connectivity index (χ1v) is 7.25. The van der Waals surface area contributed by atoms with Crippen molar-refractivity contribution in [3.05, 3.63) is 27.7 Å². The van der Waals surface area contributed by atoms with Crippen molar-refractivity contribution in [3.8, 4) is 5.75 Å². The number of likely N-dealkylation sites (N-methyl/N-ethyl adjacent to an activating group) is 1. The van der Waals surface area contributed by atoms with E-state index in [9.17, 15) is 0 Å².